The van der Waals surface area contributed by atoms with E-state index in [1.165, 1.54) is 21.2 Å². The third kappa shape index (κ3) is 4.62. The summed E-state index contributed by atoms with van der Waals surface area (Å²) in [4.78, 5) is 5.98. The number of hydrogen-bond donors (Lipinski definition) is 1. The second-order valence-electron chi connectivity index (χ2n) is 5.04. The number of hydrogen-bond acceptors (Lipinski definition) is 4. The van der Waals surface area contributed by atoms with E-state index in [4.69, 9.17) is 0 Å². The van der Waals surface area contributed by atoms with Gasteiger partial charge in [0.05, 0.1) is 10.7 Å². The fourth-order valence-corrected chi connectivity index (χ4v) is 3.52. The van der Waals surface area contributed by atoms with E-state index in [0.29, 0.717) is 5.92 Å². The lowest BCUT2D eigenvalue weighted by Crippen LogP contribution is -2.11. The molecule has 0 radical (unpaired) electrons. The van der Waals surface area contributed by atoms with Crippen LogP contribution in [0, 0.1) is 0 Å². The average molecular weight is 306 g/mol. The van der Waals surface area contributed by atoms with Crippen molar-refractivity contribution in [2.45, 2.75) is 43.9 Å². The molecule has 20 heavy (non-hydrogen) atoms. The van der Waals surface area contributed by atoms with Crippen LogP contribution >= 0.6 is 23.1 Å². The second-order valence-corrected chi connectivity index (χ2v) is 6.98. The maximum absolute atomic E-state index is 4.67. The van der Waals surface area contributed by atoms with Crippen molar-refractivity contribution >= 4 is 23.1 Å². The average Bonchev–Trinajstić information content (AvgIpc) is 2.93. The first-order chi connectivity index (χ1) is 9.69. The zero-order valence-corrected chi connectivity index (χ0v) is 14.0. The van der Waals surface area contributed by atoms with E-state index in [1.807, 2.05) is 11.8 Å². The fraction of sp³-hybridized carbons (Fsp3) is 0.438. The van der Waals surface area contributed by atoms with Gasteiger partial charge in [-0.3, -0.25) is 0 Å². The van der Waals surface area contributed by atoms with E-state index in [-0.39, 0.29) is 0 Å². The number of aromatic nitrogens is 1. The minimum absolute atomic E-state index is 0.532. The highest BCUT2D eigenvalue weighted by atomic mass is 32.2. The van der Waals surface area contributed by atoms with Crippen molar-refractivity contribution in [3.8, 4) is 0 Å². The molecule has 0 amide bonds. The van der Waals surface area contributed by atoms with Gasteiger partial charge in [-0.2, -0.15) is 0 Å². The molecule has 4 heteroatoms. The van der Waals surface area contributed by atoms with Gasteiger partial charge in [-0.05, 0) is 24.2 Å². The predicted molar refractivity (Wildman–Crippen MR) is 89.6 cm³/mol. The Kier molecular flexibility index (Phi) is 6.07. The van der Waals surface area contributed by atoms with Gasteiger partial charge in [0.25, 0.3) is 0 Å². The van der Waals surface area contributed by atoms with Gasteiger partial charge in [0.15, 0.2) is 0 Å². The van der Waals surface area contributed by atoms with Crippen molar-refractivity contribution in [2.75, 3.05) is 6.54 Å². The monoisotopic (exact) mass is 306 g/mol. The van der Waals surface area contributed by atoms with E-state index in [1.54, 1.807) is 11.3 Å². The molecule has 0 aliphatic rings. The van der Waals surface area contributed by atoms with Crippen LogP contribution in [0.4, 0.5) is 0 Å². The van der Waals surface area contributed by atoms with Crippen LogP contribution in [0.1, 0.15) is 43.0 Å². The predicted octanol–water partition coefficient (Wildman–Crippen LogP) is 4.67. The van der Waals surface area contributed by atoms with E-state index in [2.05, 4.69) is 60.7 Å². The highest BCUT2D eigenvalue weighted by molar-refractivity contribution is 7.98. The smallest absolute Gasteiger partial charge is 0.0954 e. The number of benzene rings is 1. The van der Waals surface area contributed by atoms with Crippen molar-refractivity contribution in [1.82, 2.24) is 10.3 Å². The summed E-state index contributed by atoms with van der Waals surface area (Å²) >= 11 is 3.63. The first kappa shape index (κ1) is 15.5. The van der Waals surface area contributed by atoms with E-state index < -0.39 is 0 Å². The van der Waals surface area contributed by atoms with Gasteiger partial charge in [0.1, 0.15) is 0 Å². The third-order valence-electron chi connectivity index (χ3n) is 2.95. The van der Waals surface area contributed by atoms with E-state index >= 15 is 0 Å². The first-order valence-electron chi connectivity index (χ1n) is 7.05. The molecule has 1 N–H and O–H groups in total. The maximum Gasteiger partial charge on any atom is 0.0954 e. The Hall–Kier alpha value is -0.840. The Morgan fingerprint density at radius 2 is 2.00 bits per heavy atom. The second kappa shape index (κ2) is 7.81. The summed E-state index contributed by atoms with van der Waals surface area (Å²) in [6.07, 6.45) is 0. The number of rotatable bonds is 7. The summed E-state index contributed by atoms with van der Waals surface area (Å²) < 4.78 is 0. The topological polar surface area (TPSA) is 24.9 Å². The molecule has 2 aromatic rings. The molecule has 0 fully saturated rings. The van der Waals surface area contributed by atoms with Crippen LogP contribution in [-0.4, -0.2) is 11.5 Å². The van der Waals surface area contributed by atoms with E-state index in [0.717, 1.165) is 18.8 Å². The summed E-state index contributed by atoms with van der Waals surface area (Å²) in [6.45, 7) is 8.48. The summed E-state index contributed by atoms with van der Waals surface area (Å²) in [5.74, 6) is 1.49. The Bertz CT molecular complexity index is 518. The van der Waals surface area contributed by atoms with Gasteiger partial charge in [-0.25, -0.2) is 4.98 Å². The Balaban J connectivity index is 1.86. The molecule has 0 saturated carbocycles. The summed E-state index contributed by atoms with van der Waals surface area (Å²) in [7, 11) is 0. The highest BCUT2D eigenvalue weighted by Crippen LogP contribution is 2.26. The molecule has 1 heterocycles. The summed E-state index contributed by atoms with van der Waals surface area (Å²) in [5.41, 5.74) is 2.53. The van der Waals surface area contributed by atoms with Gasteiger partial charge >= 0.3 is 0 Å². The van der Waals surface area contributed by atoms with Gasteiger partial charge in [-0.15, -0.1) is 23.1 Å². The molecule has 108 valence electrons. The summed E-state index contributed by atoms with van der Waals surface area (Å²) in [5, 5.41) is 6.76. The SMILES string of the molecule is CCNCc1ccc(SCc2csc(C(C)C)n2)cc1. The number of thioether (sulfide) groups is 1. The van der Waals surface area contributed by atoms with Crippen molar-refractivity contribution in [2.24, 2.45) is 0 Å². The van der Waals surface area contributed by atoms with Crippen molar-refractivity contribution in [1.29, 1.82) is 0 Å². The molecule has 1 aromatic heterocycles. The fourth-order valence-electron chi connectivity index (χ4n) is 1.78. The zero-order chi connectivity index (χ0) is 14.4. The van der Waals surface area contributed by atoms with Crippen molar-refractivity contribution in [3.05, 3.63) is 45.9 Å². The summed E-state index contributed by atoms with van der Waals surface area (Å²) in [6, 6.07) is 8.80. The molecule has 1 aromatic carbocycles. The molecular formula is C16H22N2S2. The number of thiazole rings is 1. The molecule has 0 saturated heterocycles. The zero-order valence-electron chi connectivity index (χ0n) is 12.3. The quantitative estimate of drug-likeness (QED) is 0.753. The Morgan fingerprint density at radius 3 is 2.60 bits per heavy atom. The highest BCUT2D eigenvalue weighted by Gasteiger charge is 2.06. The van der Waals surface area contributed by atoms with Gasteiger partial charge in [-0.1, -0.05) is 32.9 Å². The third-order valence-corrected chi connectivity index (χ3v) is 5.19. The number of nitrogens with zero attached hydrogens (tertiary/aromatic N) is 1. The molecule has 0 aliphatic heterocycles. The molecular weight excluding hydrogens is 284 g/mol. The molecule has 0 bridgehead atoms. The molecule has 0 aliphatic carbocycles. The van der Waals surface area contributed by atoms with Crippen LogP contribution in [0.5, 0.6) is 0 Å². The van der Waals surface area contributed by atoms with Gasteiger partial charge < -0.3 is 5.32 Å². The molecule has 2 nitrogen and oxygen atoms in total. The molecule has 2 rings (SSSR count). The minimum atomic E-state index is 0.532. The van der Waals surface area contributed by atoms with Crippen LogP contribution in [0.3, 0.4) is 0 Å². The van der Waals surface area contributed by atoms with Crippen LogP contribution < -0.4 is 5.32 Å². The van der Waals surface area contributed by atoms with Crippen LogP contribution in [0.15, 0.2) is 34.5 Å². The molecule has 0 atom stereocenters. The lowest BCUT2D eigenvalue weighted by Gasteiger charge is -2.04. The van der Waals surface area contributed by atoms with Gasteiger partial charge in [0.2, 0.25) is 0 Å². The Labute approximate surface area is 130 Å². The first-order valence-corrected chi connectivity index (χ1v) is 8.92. The molecule has 0 spiro atoms. The lowest BCUT2D eigenvalue weighted by molar-refractivity contribution is 0.726. The van der Waals surface area contributed by atoms with Crippen molar-refractivity contribution in [3.63, 3.8) is 0 Å². The van der Waals surface area contributed by atoms with Crippen molar-refractivity contribution < 1.29 is 0 Å². The van der Waals surface area contributed by atoms with Gasteiger partial charge in [0, 0.05) is 28.5 Å². The van der Waals surface area contributed by atoms with E-state index in [9.17, 15) is 0 Å². The Morgan fingerprint density at radius 1 is 1.25 bits per heavy atom. The minimum Gasteiger partial charge on any atom is -0.313 e. The standard InChI is InChI=1S/C16H22N2S2/c1-4-17-9-13-5-7-15(8-6-13)19-10-14-11-20-16(18-14)12(2)3/h5-8,11-12,17H,4,9-10H2,1-3H3. The number of nitrogens with one attached hydrogen (secondary N) is 1. The van der Waals surface area contributed by atoms with Crippen LogP contribution in [0.25, 0.3) is 0 Å². The lowest BCUT2D eigenvalue weighted by atomic mass is 10.2. The van der Waals surface area contributed by atoms with Crippen LogP contribution in [0.2, 0.25) is 0 Å². The maximum atomic E-state index is 4.67. The molecule has 0 unspecified atom stereocenters. The largest absolute Gasteiger partial charge is 0.313 e. The van der Waals surface area contributed by atoms with Crippen LogP contribution in [-0.2, 0) is 12.3 Å². The normalized spacial score (nSPS) is 11.2.